The van der Waals surface area contributed by atoms with Crippen LogP contribution in [0.15, 0.2) is 28.5 Å². The minimum Gasteiger partial charge on any atom is -0.460 e. The third-order valence-corrected chi connectivity index (χ3v) is 2.01. The number of hydrogen-bond acceptors (Lipinski definition) is 3. The van der Waals surface area contributed by atoms with Crippen molar-refractivity contribution in [3.8, 4) is 10.4 Å². The van der Waals surface area contributed by atoms with Gasteiger partial charge in [-0.25, -0.2) is 0 Å². The zero-order valence-corrected chi connectivity index (χ0v) is 5.89. The molecule has 0 aliphatic carbocycles. The number of thiazole rings is 1. The fourth-order valence-corrected chi connectivity index (χ4v) is 1.32. The summed E-state index contributed by atoms with van der Waals surface area (Å²) in [7, 11) is 0. The van der Waals surface area contributed by atoms with Gasteiger partial charge in [-0.3, -0.25) is 4.98 Å². The minimum absolute atomic E-state index is 1.04. The highest BCUT2D eigenvalue weighted by molar-refractivity contribution is 7.13. The second kappa shape index (κ2) is 2.27. The second-order valence-electron chi connectivity index (χ2n) is 1.82. The normalized spacial score (nSPS) is 10.0. The Balaban J connectivity index is 2.48. The average molecular weight is 150 g/mol. The highest BCUT2D eigenvalue weighted by atomic mass is 32.1. The van der Waals surface area contributed by atoms with E-state index < -0.39 is 0 Å². The van der Waals surface area contributed by atoms with Gasteiger partial charge >= 0.3 is 0 Å². The van der Waals surface area contributed by atoms with Gasteiger partial charge in [-0.1, -0.05) is 0 Å². The van der Waals surface area contributed by atoms with Crippen LogP contribution in [0.1, 0.15) is 0 Å². The van der Waals surface area contributed by atoms with Crippen LogP contribution >= 0.6 is 11.3 Å². The molecule has 3 heteroatoms. The van der Waals surface area contributed by atoms with Crippen LogP contribution in [0.4, 0.5) is 0 Å². The second-order valence-corrected chi connectivity index (χ2v) is 2.71. The fourth-order valence-electron chi connectivity index (χ4n) is 0.717. The molecule has 2 heterocycles. The lowest BCUT2D eigenvalue weighted by molar-refractivity contribution is 0.559. The Morgan fingerprint density at radius 2 is 2.60 bits per heavy atom. The number of aromatic nitrogens is 1. The standard InChI is InChI=1S/C7H4NOS/c1-2-9-4-6(1)7-3-8-5-10-7/h1,3-5H. The molecule has 49 valence electrons. The van der Waals surface area contributed by atoms with Crippen molar-refractivity contribution >= 4 is 11.3 Å². The Hall–Kier alpha value is -1.09. The van der Waals surface area contributed by atoms with Gasteiger partial charge in [-0.2, -0.15) is 0 Å². The molecule has 2 nitrogen and oxygen atoms in total. The van der Waals surface area contributed by atoms with Crippen molar-refractivity contribution in [2.75, 3.05) is 0 Å². The van der Waals surface area contributed by atoms with Gasteiger partial charge in [-0.05, 0) is 6.07 Å². The van der Waals surface area contributed by atoms with Crippen LogP contribution in [-0.2, 0) is 0 Å². The van der Waals surface area contributed by atoms with Crippen molar-refractivity contribution in [2.24, 2.45) is 0 Å². The average Bonchev–Trinajstić information content (AvgIpc) is 2.59. The molecule has 2 aromatic heterocycles. The third kappa shape index (κ3) is 0.844. The summed E-state index contributed by atoms with van der Waals surface area (Å²) in [5.74, 6) is 0. The molecule has 2 rings (SSSR count). The minimum atomic E-state index is 1.04. The van der Waals surface area contributed by atoms with E-state index in [2.05, 4.69) is 11.2 Å². The molecule has 0 aliphatic heterocycles. The Morgan fingerprint density at radius 3 is 3.20 bits per heavy atom. The summed E-state index contributed by atoms with van der Waals surface area (Å²) in [6.45, 7) is 0. The van der Waals surface area contributed by atoms with E-state index in [4.69, 9.17) is 4.42 Å². The molecule has 0 saturated heterocycles. The topological polar surface area (TPSA) is 26.0 Å². The third-order valence-electron chi connectivity index (χ3n) is 1.19. The van der Waals surface area contributed by atoms with Gasteiger partial charge < -0.3 is 4.42 Å². The van der Waals surface area contributed by atoms with Crippen LogP contribution in [-0.4, -0.2) is 4.98 Å². The first-order chi connectivity index (χ1) is 4.97. The Labute approximate surface area is 62.1 Å². The first-order valence-electron chi connectivity index (χ1n) is 2.80. The van der Waals surface area contributed by atoms with E-state index in [1.54, 1.807) is 29.2 Å². The molecule has 0 spiro atoms. The van der Waals surface area contributed by atoms with Crippen molar-refractivity contribution in [1.29, 1.82) is 0 Å². The molecule has 10 heavy (non-hydrogen) atoms. The Bertz CT molecular complexity index is 253. The quantitative estimate of drug-likeness (QED) is 0.622. The maximum atomic E-state index is 4.79. The van der Waals surface area contributed by atoms with Crippen LogP contribution in [0.5, 0.6) is 0 Å². The van der Waals surface area contributed by atoms with Crippen molar-refractivity contribution in [3.05, 3.63) is 30.3 Å². The summed E-state index contributed by atoms with van der Waals surface area (Å²) < 4.78 is 4.79. The van der Waals surface area contributed by atoms with Crippen molar-refractivity contribution in [2.45, 2.75) is 0 Å². The molecule has 0 saturated carbocycles. The number of furan rings is 1. The van der Waals surface area contributed by atoms with Gasteiger partial charge in [0.15, 0.2) is 6.26 Å². The molecule has 0 N–H and O–H groups in total. The van der Waals surface area contributed by atoms with E-state index in [-0.39, 0.29) is 0 Å². The largest absolute Gasteiger partial charge is 0.460 e. The van der Waals surface area contributed by atoms with E-state index in [0.717, 1.165) is 10.4 Å². The first kappa shape index (κ1) is 5.68. The number of hydrogen-bond donors (Lipinski definition) is 0. The van der Waals surface area contributed by atoms with Gasteiger partial charge in [0.25, 0.3) is 0 Å². The van der Waals surface area contributed by atoms with E-state index >= 15 is 0 Å². The number of nitrogens with zero attached hydrogens (tertiary/aromatic N) is 1. The fraction of sp³-hybridized carbons (Fsp3) is 0. The van der Waals surface area contributed by atoms with Crippen LogP contribution in [0.2, 0.25) is 0 Å². The molecule has 2 aromatic rings. The zero-order chi connectivity index (χ0) is 6.81. The highest BCUT2D eigenvalue weighted by Crippen LogP contribution is 2.22. The maximum Gasteiger partial charge on any atom is 0.169 e. The summed E-state index contributed by atoms with van der Waals surface area (Å²) >= 11 is 1.59. The van der Waals surface area contributed by atoms with E-state index in [1.165, 1.54) is 0 Å². The highest BCUT2D eigenvalue weighted by Gasteiger charge is 1.98. The Kier molecular flexibility index (Phi) is 1.29. The molecule has 0 aliphatic rings. The molecule has 0 fully saturated rings. The summed E-state index contributed by atoms with van der Waals surface area (Å²) in [5.41, 5.74) is 2.84. The van der Waals surface area contributed by atoms with Crippen molar-refractivity contribution in [3.63, 3.8) is 0 Å². The van der Waals surface area contributed by atoms with Gasteiger partial charge in [0, 0.05) is 11.8 Å². The summed E-state index contributed by atoms with van der Waals surface area (Å²) in [6.07, 6.45) is 6.09. The lowest BCUT2D eigenvalue weighted by Crippen LogP contribution is -1.60. The predicted octanol–water partition coefficient (Wildman–Crippen LogP) is 2.20. The molecule has 0 aromatic carbocycles. The Morgan fingerprint density at radius 1 is 1.60 bits per heavy atom. The molecule has 0 atom stereocenters. The summed E-state index contributed by atoms with van der Waals surface area (Å²) in [4.78, 5) is 5.06. The molecular formula is C7H4NOS. The zero-order valence-electron chi connectivity index (χ0n) is 5.07. The van der Waals surface area contributed by atoms with Crippen molar-refractivity contribution in [1.82, 2.24) is 4.98 Å². The van der Waals surface area contributed by atoms with Gasteiger partial charge in [-0.15, -0.1) is 11.3 Å². The first-order valence-corrected chi connectivity index (χ1v) is 3.68. The molecule has 0 bridgehead atoms. The van der Waals surface area contributed by atoms with Gasteiger partial charge in [0.1, 0.15) is 6.26 Å². The van der Waals surface area contributed by atoms with Gasteiger partial charge in [0.2, 0.25) is 0 Å². The van der Waals surface area contributed by atoms with Crippen molar-refractivity contribution < 1.29 is 4.42 Å². The molecule has 1 radical (unpaired) electrons. The smallest absolute Gasteiger partial charge is 0.169 e. The summed E-state index contributed by atoms with van der Waals surface area (Å²) in [6, 6.07) is 1.80. The lowest BCUT2D eigenvalue weighted by Gasteiger charge is -1.82. The predicted molar refractivity (Wildman–Crippen MR) is 38.7 cm³/mol. The molecule has 0 amide bonds. The van der Waals surface area contributed by atoms with Crippen LogP contribution < -0.4 is 0 Å². The summed E-state index contributed by atoms with van der Waals surface area (Å²) in [5, 5.41) is 0. The van der Waals surface area contributed by atoms with Crippen LogP contribution in [0.3, 0.4) is 0 Å². The molecular weight excluding hydrogens is 146 g/mol. The van der Waals surface area contributed by atoms with E-state index in [1.807, 2.05) is 6.20 Å². The SMILES string of the molecule is [c]1cc(-c2cncs2)co1. The monoisotopic (exact) mass is 150 g/mol. The van der Waals surface area contributed by atoms with E-state index in [9.17, 15) is 0 Å². The van der Waals surface area contributed by atoms with Crippen LogP contribution in [0.25, 0.3) is 10.4 Å². The maximum absolute atomic E-state index is 4.79. The van der Waals surface area contributed by atoms with Crippen LogP contribution in [0, 0.1) is 6.26 Å². The molecule has 0 unspecified atom stereocenters. The van der Waals surface area contributed by atoms with E-state index in [0.29, 0.717) is 0 Å². The van der Waals surface area contributed by atoms with Gasteiger partial charge in [0.05, 0.1) is 10.4 Å². The lowest BCUT2D eigenvalue weighted by atomic mass is 10.3. The number of rotatable bonds is 1.